The van der Waals surface area contributed by atoms with Crippen LogP contribution in [-0.4, -0.2) is 44.1 Å². The molecule has 5 N–H and O–H groups in total. The van der Waals surface area contributed by atoms with E-state index in [1.165, 1.54) is 0 Å². The number of primary amides is 1. The topological polar surface area (TPSA) is 136 Å². The molecule has 0 saturated carbocycles. The molecular formula is C26H28N8O2. The van der Waals surface area contributed by atoms with Crippen molar-refractivity contribution in [2.24, 2.45) is 12.8 Å². The summed E-state index contributed by atoms with van der Waals surface area (Å²) < 4.78 is 7.40. The maximum atomic E-state index is 11.6. The molecule has 10 heteroatoms. The summed E-state index contributed by atoms with van der Waals surface area (Å²) in [4.78, 5) is 28.5. The fraction of sp³-hybridized carbons (Fsp3) is 0.231. The average molecular weight is 485 g/mol. The number of nitrogens with two attached hydrogens (primary N) is 1. The molecule has 5 rings (SSSR count). The third kappa shape index (κ3) is 4.78. The highest BCUT2D eigenvalue weighted by Crippen LogP contribution is 2.25. The van der Waals surface area contributed by atoms with E-state index in [0.29, 0.717) is 24.0 Å². The minimum atomic E-state index is -0.455. The van der Waals surface area contributed by atoms with E-state index in [4.69, 9.17) is 10.5 Å². The predicted octanol–water partition coefficient (Wildman–Crippen LogP) is 3.59. The Bertz CT molecular complexity index is 1570. The molecule has 0 aliphatic carbocycles. The maximum Gasteiger partial charge on any atom is 0.224 e. The Morgan fingerprint density at radius 3 is 2.81 bits per heavy atom. The molecule has 3 heterocycles. The first-order valence-electron chi connectivity index (χ1n) is 11.6. The number of hydrogen-bond acceptors (Lipinski definition) is 7. The molecule has 36 heavy (non-hydrogen) atoms. The first kappa shape index (κ1) is 23.2. The summed E-state index contributed by atoms with van der Waals surface area (Å²) in [5.74, 6) is 2.28. The van der Waals surface area contributed by atoms with Gasteiger partial charge in [0.05, 0.1) is 30.3 Å². The first-order valence-corrected chi connectivity index (χ1v) is 11.6. The minimum Gasteiger partial charge on any atom is -0.497 e. The van der Waals surface area contributed by atoms with Gasteiger partial charge in [0, 0.05) is 42.4 Å². The number of rotatable bonds is 9. The largest absolute Gasteiger partial charge is 0.497 e. The van der Waals surface area contributed by atoms with Crippen LogP contribution < -0.4 is 21.1 Å². The predicted molar refractivity (Wildman–Crippen MR) is 141 cm³/mol. The fourth-order valence-electron chi connectivity index (χ4n) is 4.26. The number of nitrogens with one attached hydrogen (secondary N) is 3. The first-order chi connectivity index (χ1) is 17.4. The van der Waals surface area contributed by atoms with E-state index in [9.17, 15) is 4.79 Å². The van der Waals surface area contributed by atoms with E-state index in [1.54, 1.807) is 13.2 Å². The van der Waals surface area contributed by atoms with E-state index in [-0.39, 0.29) is 6.42 Å². The number of carbonyl (C=O) groups is 1. The SMILES string of the molecule is COc1ccc2[nH]cc(CCNc3nc(CC(N)=O)cc(Nc4ccc5c(c4)nc(C)n5C)n3)c2c1. The number of aryl methyl sites for hydroxylation is 2. The Balaban J connectivity index is 1.35. The van der Waals surface area contributed by atoms with Crippen LogP contribution in [0.5, 0.6) is 5.75 Å². The van der Waals surface area contributed by atoms with Crippen molar-refractivity contribution in [1.82, 2.24) is 24.5 Å². The third-order valence-electron chi connectivity index (χ3n) is 6.16. The van der Waals surface area contributed by atoms with Crippen LogP contribution >= 0.6 is 0 Å². The van der Waals surface area contributed by atoms with Crippen LogP contribution in [-0.2, 0) is 24.7 Å². The van der Waals surface area contributed by atoms with E-state index >= 15 is 0 Å². The highest BCUT2D eigenvalue weighted by atomic mass is 16.5. The van der Waals surface area contributed by atoms with Crippen LogP contribution in [0.15, 0.2) is 48.7 Å². The number of fused-ring (bicyclic) bond motifs is 2. The number of ether oxygens (including phenoxy) is 1. The molecule has 0 fully saturated rings. The van der Waals surface area contributed by atoms with E-state index in [1.807, 2.05) is 61.1 Å². The normalized spacial score (nSPS) is 11.2. The number of anilines is 3. The smallest absolute Gasteiger partial charge is 0.224 e. The molecule has 0 spiro atoms. The van der Waals surface area contributed by atoms with E-state index < -0.39 is 5.91 Å². The van der Waals surface area contributed by atoms with Crippen molar-refractivity contribution < 1.29 is 9.53 Å². The van der Waals surface area contributed by atoms with Gasteiger partial charge >= 0.3 is 0 Å². The third-order valence-corrected chi connectivity index (χ3v) is 6.16. The Hall–Kier alpha value is -4.60. The molecule has 0 unspecified atom stereocenters. The minimum absolute atomic E-state index is 0.0204. The summed E-state index contributed by atoms with van der Waals surface area (Å²) in [6, 6.07) is 13.6. The Kier molecular flexibility index (Phi) is 6.16. The van der Waals surface area contributed by atoms with Gasteiger partial charge in [-0.25, -0.2) is 9.97 Å². The Labute approximate surface area is 207 Å². The van der Waals surface area contributed by atoms with Crippen LogP contribution in [0.4, 0.5) is 17.5 Å². The average Bonchev–Trinajstić information content (AvgIpc) is 3.37. The van der Waals surface area contributed by atoms with Gasteiger partial charge in [-0.05, 0) is 55.3 Å². The number of carbonyl (C=O) groups excluding carboxylic acids is 1. The van der Waals surface area contributed by atoms with Crippen LogP contribution in [0.2, 0.25) is 0 Å². The molecule has 0 aliphatic rings. The number of imidazole rings is 1. The van der Waals surface area contributed by atoms with Gasteiger partial charge in [0.1, 0.15) is 17.4 Å². The lowest BCUT2D eigenvalue weighted by molar-refractivity contribution is -0.117. The second-order valence-corrected chi connectivity index (χ2v) is 8.66. The highest BCUT2D eigenvalue weighted by Gasteiger charge is 2.11. The van der Waals surface area contributed by atoms with Crippen LogP contribution in [0.3, 0.4) is 0 Å². The van der Waals surface area contributed by atoms with Crippen LogP contribution in [0.1, 0.15) is 17.1 Å². The monoisotopic (exact) mass is 484 g/mol. The number of amides is 1. The molecule has 10 nitrogen and oxygen atoms in total. The summed E-state index contributed by atoms with van der Waals surface area (Å²) in [5, 5.41) is 7.70. The van der Waals surface area contributed by atoms with Gasteiger partial charge in [0.15, 0.2) is 0 Å². The van der Waals surface area contributed by atoms with Crippen molar-refractivity contribution >= 4 is 45.3 Å². The Morgan fingerprint density at radius 1 is 1.14 bits per heavy atom. The van der Waals surface area contributed by atoms with Crippen molar-refractivity contribution in [1.29, 1.82) is 0 Å². The number of aromatic nitrogens is 5. The van der Waals surface area contributed by atoms with Gasteiger partial charge in [-0.3, -0.25) is 4.79 Å². The molecule has 184 valence electrons. The molecule has 0 bridgehead atoms. The zero-order valence-electron chi connectivity index (χ0n) is 20.4. The van der Waals surface area contributed by atoms with Crippen molar-refractivity contribution in [2.75, 3.05) is 24.3 Å². The van der Waals surface area contributed by atoms with E-state index in [0.717, 1.165) is 51.2 Å². The van der Waals surface area contributed by atoms with Crippen LogP contribution in [0, 0.1) is 6.92 Å². The maximum absolute atomic E-state index is 11.6. The summed E-state index contributed by atoms with van der Waals surface area (Å²) >= 11 is 0. The number of nitrogens with zero attached hydrogens (tertiary/aromatic N) is 4. The quantitative estimate of drug-likeness (QED) is 0.251. The number of aromatic amines is 1. The number of H-pyrrole nitrogens is 1. The molecular weight excluding hydrogens is 456 g/mol. The van der Waals surface area contributed by atoms with Crippen molar-refractivity contribution in [3.63, 3.8) is 0 Å². The molecule has 2 aromatic carbocycles. The number of benzene rings is 2. The molecule has 3 aromatic heterocycles. The van der Waals surface area contributed by atoms with E-state index in [2.05, 4.69) is 30.6 Å². The van der Waals surface area contributed by atoms with Gasteiger partial charge in [-0.15, -0.1) is 0 Å². The van der Waals surface area contributed by atoms with Crippen LogP contribution in [0.25, 0.3) is 21.9 Å². The number of methoxy groups -OCH3 is 1. The molecule has 1 amide bonds. The lowest BCUT2D eigenvalue weighted by Gasteiger charge is -2.11. The second kappa shape index (κ2) is 9.57. The summed E-state index contributed by atoms with van der Waals surface area (Å²) in [6.45, 7) is 2.57. The molecule has 0 aliphatic heterocycles. The van der Waals surface area contributed by atoms with Gasteiger partial charge in [-0.2, -0.15) is 4.98 Å². The number of hydrogen-bond donors (Lipinski definition) is 4. The van der Waals surface area contributed by atoms with Gasteiger partial charge < -0.3 is 30.7 Å². The second-order valence-electron chi connectivity index (χ2n) is 8.66. The summed E-state index contributed by atoms with van der Waals surface area (Å²) in [6.07, 6.45) is 2.76. The molecule has 0 atom stereocenters. The van der Waals surface area contributed by atoms with Crippen molar-refractivity contribution in [3.05, 3.63) is 65.7 Å². The summed E-state index contributed by atoms with van der Waals surface area (Å²) in [5.41, 5.74) is 10.9. The van der Waals surface area contributed by atoms with Gasteiger partial charge in [-0.1, -0.05) is 0 Å². The molecule has 0 saturated heterocycles. The fourth-order valence-corrected chi connectivity index (χ4v) is 4.26. The zero-order valence-corrected chi connectivity index (χ0v) is 20.4. The van der Waals surface area contributed by atoms with Gasteiger partial charge in [0.25, 0.3) is 0 Å². The molecule has 0 radical (unpaired) electrons. The highest BCUT2D eigenvalue weighted by molar-refractivity contribution is 5.85. The lowest BCUT2D eigenvalue weighted by atomic mass is 10.1. The Morgan fingerprint density at radius 2 is 2.00 bits per heavy atom. The summed E-state index contributed by atoms with van der Waals surface area (Å²) in [7, 11) is 3.65. The van der Waals surface area contributed by atoms with Crippen molar-refractivity contribution in [3.8, 4) is 5.75 Å². The molecule has 5 aromatic rings. The standard InChI is InChI=1S/C26H28N8O2/c1-15-30-22-10-17(4-7-23(22)34(15)2)31-25-12-18(11-24(27)35)32-26(33-25)28-9-8-16-14-29-21-6-5-19(36-3)13-20(16)21/h4-7,10,12-14,29H,8-9,11H2,1-3H3,(H2,27,35)(H2,28,31,32,33). The van der Waals surface area contributed by atoms with Crippen molar-refractivity contribution in [2.45, 2.75) is 19.8 Å². The van der Waals surface area contributed by atoms with Gasteiger partial charge in [0.2, 0.25) is 11.9 Å². The zero-order chi connectivity index (χ0) is 25.2. The lowest BCUT2D eigenvalue weighted by Crippen LogP contribution is -2.16.